The Bertz CT molecular complexity index is 1480. The van der Waals surface area contributed by atoms with Crippen LogP contribution in [0.2, 0.25) is 0 Å². The number of carbonyl (C=O) groups excluding carboxylic acids is 2. The van der Waals surface area contributed by atoms with Gasteiger partial charge in [0.2, 0.25) is 0 Å². The summed E-state index contributed by atoms with van der Waals surface area (Å²) in [5.41, 5.74) is 6.32. The van der Waals surface area contributed by atoms with Gasteiger partial charge >= 0.3 is 0 Å². The van der Waals surface area contributed by atoms with Crippen molar-refractivity contribution in [1.82, 2.24) is 9.80 Å². The molecule has 2 heterocycles. The first-order valence-electron chi connectivity index (χ1n) is 15.3. The molecule has 0 aromatic heterocycles. The van der Waals surface area contributed by atoms with Crippen molar-refractivity contribution >= 4 is 23.6 Å². The van der Waals surface area contributed by atoms with E-state index in [0.29, 0.717) is 31.0 Å². The maximum absolute atomic E-state index is 13.7. The van der Waals surface area contributed by atoms with Gasteiger partial charge in [0.25, 0.3) is 11.8 Å². The molecule has 0 N–H and O–H groups in total. The lowest BCUT2D eigenvalue weighted by Crippen LogP contribution is -2.54. The Balaban J connectivity index is 1.15. The number of anilines is 1. The van der Waals surface area contributed by atoms with Gasteiger partial charge in [0.15, 0.2) is 5.76 Å². The molecule has 6 rings (SSSR count). The molecule has 3 atom stereocenters. The molecule has 3 aromatic rings. The van der Waals surface area contributed by atoms with Gasteiger partial charge in [-0.3, -0.25) is 9.59 Å². The van der Waals surface area contributed by atoms with Crippen molar-refractivity contribution in [2.45, 2.75) is 71.2 Å². The standard InChI is InChI=1S/C36H41N3O3/c1-25-8-6-10-29(20-25)24-39-32-12-4-5-13-33(32)42-34(36(39)41)22-28-14-16-30(17-15-28)35(40)37-18-19-38(27(3)23-37)31-11-7-9-26(2)21-31/h6-11,14-17,20-22,27,32-33H,4-5,12-13,18-19,23-24H2,1-3H3/b34-22+. The van der Waals surface area contributed by atoms with Gasteiger partial charge in [-0.1, -0.05) is 60.5 Å². The zero-order valence-electron chi connectivity index (χ0n) is 25.0. The maximum Gasteiger partial charge on any atom is 0.289 e. The normalized spacial score (nSPS) is 23.5. The highest BCUT2D eigenvalue weighted by Crippen LogP contribution is 2.34. The van der Waals surface area contributed by atoms with E-state index in [2.05, 4.69) is 74.2 Å². The van der Waals surface area contributed by atoms with Crippen molar-refractivity contribution in [3.05, 3.63) is 106 Å². The summed E-state index contributed by atoms with van der Waals surface area (Å²) in [6.45, 7) is 9.13. The fraction of sp³-hybridized carbons (Fsp3) is 0.389. The average Bonchev–Trinajstić information content (AvgIpc) is 2.99. The second-order valence-electron chi connectivity index (χ2n) is 12.2. The molecule has 2 saturated heterocycles. The van der Waals surface area contributed by atoms with Crippen LogP contribution in [0.1, 0.15) is 65.2 Å². The Kier molecular flexibility index (Phi) is 8.05. The van der Waals surface area contributed by atoms with Crippen LogP contribution in [-0.2, 0) is 16.1 Å². The van der Waals surface area contributed by atoms with Gasteiger partial charge in [-0.05, 0) is 87.1 Å². The number of aryl methyl sites for hydroxylation is 2. The van der Waals surface area contributed by atoms with E-state index in [1.165, 1.54) is 16.8 Å². The Morgan fingerprint density at radius 2 is 1.67 bits per heavy atom. The number of piperazine rings is 1. The number of hydrogen-bond acceptors (Lipinski definition) is 4. The third-order valence-electron chi connectivity index (χ3n) is 8.96. The summed E-state index contributed by atoms with van der Waals surface area (Å²) < 4.78 is 6.33. The van der Waals surface area contributed by atoms with Crippen molar-refractivity contribution in [3.63, 3.8) is 0 Å². The van der Waals surface area contributed by atoms with Crippen LogP contribution in [0.4, 0.5) is 5.69 Å². The fourth-order valence-corrected chi connectivity index (χ4v) is 6.76. The molecule has 0 spiro atoms. The number of hydrogen-bond donors (Lipinski definition) is 0. The lowest BCUT2D eigenvalue weighted by atomic mass is 9.89. The average molecular weight is 564 g/mol. The molecule has 0 radical (unpaired) electrons. The molecular formula is C36H41N3O3. The molecular weight excluding hydrogens is 522 g/mol. The van der Waals surface area contributed by atoms with Crippen LogP contribution < -0.4 is 4.90 Å². The molecule has 3 aliphatic rings. The summed E-state index contributed by atoms with van der Waals surface area (Å²) in [6.07, 6.45) is 6.04. The zero-order chi connectivity index (χ0) is 29.2. The molecule has 6 heteroatoms. The van der Waals surface area contributed by atoms with Crippen molar-refractivity contribution in [1.29, 1.82) is 0 Å². The van der Waals surface area contributed by atoms with Crippen LogP contribution in [0.25, 0.3) is 6.08 Å². The highest BCUT2D eigenvalue weighted by atomic mass is 16.5. The molecule has 3 unspecified atom stereocenters. The molecule has 3 aromatic carbocycles. The van der Waals surface area contributed by atoms with E-state index in [9.17, 15) is 9.59 Å². The van der Waals surface area contributed by atoms with E-state index in [0.717, 1.165) is 43.4 Å². The quantitative estimate of drug-likeness (QED) is 0.339. The van der Waals surface area contributed by atoms with Crippen LogP contribution in [0.5, 0.6) is 0 Å². The number of fused-ring (bicyclic) bond motifs is 1. The van der Waals surface area contributed by atoms with E-state index in [4.69, 9.17) is 4.74 Å². The third-order valence-corrected chi connectivity index (χ3v) is 8.96. The first kappa shape index (κ1) is 28.1. The smallest absolute Gasteiger partial charge is 0.289 e. The van der Waals surface area contributed by atoms with Gasteiger partial charge in [0, 0.05) is 43.5 Å². The van der Waals surface area contributed by atoms with Crippen LogP contribution in [0.3, 0.4) is 0 Å². The summed E-state index contributed by atoms with van der Waals surface area (Å²) in [6, 6.07) is 24.8. The Morgan fingerprint density at radius 3 is 2.40 bits per heavy atom. The lowest BCUT2D eigenvalue weighted by Gasteiger charge is -2.44. The molecule has 1 aliphatic carbocycles. The molecule has 6 nitrogen and oxygen atoms in total. The predicted molar refractivity (Wildman–Crippen MR) is 167 cm³/mol. The van der Waals surface area contributed by atoms with Gasteiger partial charge in [0.1, 0.15) is 6.10 Å². The van der Waals surface area contributed by atoms with Crippen molar-refractivity contribution in [3.8, 4) is 0 Å². The number of nitrogens with zero attached hydrogens (tertiary/aromatic N) is 3. The van der Waals surface area contributed by atoms with E-state index < -0.39 is 0 Å². The SMILES string of the molecule is Cc1cccc(CN2C(=O)/C(=C\c3ccc(C(=O)N4CCN(c5cccc(C)c5)C(C)C4)cc3)OC3CCCCC32)c1. The number of benzene rings is 3. The first-order chi connectivity index (χ1) is 20.4. The van der Waals surface area contributed by atoms with E-state index in [1.807, 2.05) is 40.1 Å². The molecule has 1 saturated carbocycles. The van der Waals surface area contributed by atoms with Gasteiger partial charge in [-0.15, -0.1) is 0 Å². The molecule has 2 amide bonds. The van der Waals surface area contributed by atoms with E-state index in [-0.39, 0.29) is 30.0 Å². The van der Waals surface area contributed by atoms with Crippen molar-refractivity contribution < 1.29 is 14.3 Å². The number of carbonyl (C=O) groups is 2. The van der Waals surface area contributed by atoms with Crippen LogP contribution in [0, 0.1) is 13.8 Å². The minimum absolute atomic E-state index is 0.0221. The van der Waals surface area contributed by atoms with E-state index in [1.54, 1.807) is 0 Å². The fourth-order valence-electron chi connectivity index (χ4n) is 6.76. The van der Waals surface area contributed by atoms with Crippen LogP contribution in [0.15, 0.2) is 78.6 Å². The minimum atomic E-state index is -0.0553. The number of amides is 2. The first-order valence-corrected chi connectivity index (χ1v) is 15.3. The highest BCUT2D eigenvalue weighted by Gasteiger charge is 2.41. The molecule has 218 valence electrons. The summed E-state index contributed by atoms with van der Waals surface area (Å²) in [7, 11) is 0. The predicted octanol–water partition coefficient (Wildman–Crippen LogP) is 6.37. The van der Waals surface area contributed by atoms with Gasteiger partial charge in [-0.2, -0.15) is 0 Å². The monoisotopic (exact) mass is 563 g/mol. The van der Waals surface area contributed by atoms with Gasteiger partial charge in [0.05, 0.1) is 6.04 Å². The molecule has 2 aliphatic heterocycles. The molecule has 0 bridgehead atoms. The number of ether oxygens (including phenoxy) is 1. The van der Waals surface area contributed by atoms with Crippen molar-refractivity contribution in [2.75, 3.05) is 24.5 Å². The second-order valence-corrected chi connectivity index (χ2v) is 12.2. The van der Waals surface area contributed by atoms with Crippen molar-refractivity contribution in [2.24, 2.45) is 0 Å². The summed E-state index contributed by atoms with van der Waals surface area (Å²) >= 11 is 0. The third kappa shape index (κ3) is 5.94. The summed E-state index contributed by atoms with van der Waals surface area (Å²) in [4.78, 5) is 33.4. The Labute approximate surface area is 249 Å². The Morgan fingerprint density at radius 1 is 0.929 bits per heavy atom. The largest absolute Gasteiger partial charge is 0.482 e. The highest BCUT2D eigenvalue weighted by molar-refractivity contribution is 5.97. The van der Waals surface area contributed by atoms with Crippen LogP contribution >= 0.6 is 0 Å². The Hall–Kier alpha value is -4.06. The molecule has 3 fully saturated rings. The maximum atomic E-state index is 13.7. The summed E-state index contributed by atoms with van der Waals surface area (Å²) in [5.74, 6) is 0.385. The number of morpholine rings is 1. The van der Waals surface area contributed by atoms with Crippen LogP contribution in [-0.4, -0.2) is 59.4 Å². The topological polar surface area (TPSA) is 53.1 Å². The van der Waals surface area contributed by atoms with Gasteiger partial charge in [-0.25, -0.2) is 0 Å². The molecule has 42 heavy (non-hydrogen) atoms. The lowest BCUT2D eigenvalue weighted by molar-refractivity contribution is -0.149. The second kappa shape index (κ2) is 12.0. The van der Waals surface area contributed by atoms with E-state index >= 15 is 0 Å². The zero-order valence-corrected chi connectivity index (χ0v) is 25.0. The minimum Gasteiger partial charge on any atom is -0.482 e. The summed E-state index contributed by atoms with van der Waals surface area (Å²) in [5, 5.41) is 0. The van der Waals surface area contributed by atoms with Gasteiger partial charge < -0.3 is 19.4 Å². The number of rotatable bonds is 5.